The Morgan fingerprint density at radius 3 is 2.64 bits per heavy atom. The molecular weight excluding hydrogens is 416 g/mol. The number of hydrogen-bond acceptors (Lipinski definition) is 5. The Bertz CT molecular complexity index is 1010. The molecule has 2 aromatic rings. The van der Waals surface area contributed by atoms with Crippen LogP contribution in [0.15, 0.2) is 30.3 Å². The second-order valence-electron chi connectivity index (χ2n) is 9.90. The SMILES string of the molecule is COCCN1CCOc2cc3c(c(-c4cccc(C)c4)c21)CCN(C(=O)OC(C)(C)C)CC3. The molecule has 0 atom stereocenters. The zero-order valence-corrected chi connectivity index (χ0v) is 20.6. The third kappa shape index (κ3) is 5.27. The third-order valence-electron chi connectivity index (χ3n) is 6.21. The van der Waals surface area contributed by atoms with Crippen molar-refractivity contribution in [3.05, 3.63) is 47.0 Å². The van der Waals surface area contributed by atoms with Gasteiger partial charge in [0.25, 0.3) is 0 Å². The summed E-state index contributed by atoms with van der Waals surface area (Å²) in [5.41, 5.74) is 6.85. The van der Waals surface area contributed by atoms with Gasteiger partial charge >= 0.3 is 6.09 Å². The minimum atomic E-state index is -0.502. The molecule has 2 aliphatic heterocycles. The van der Waals surface area contributed by atoms with E-state index < -0.39 is 5.60 Å². The highest BCUT2D eigenvalue weighted by Crippen LogP contribution is 2.45. The molecule has 178 valence electrons. The van der Waals surface area contributed by atoms with Gasteiger partial charge in [0.1, 0.15) is 18.0 Å². The number of amides is 1. The average molecular weight is 453 g/mol. The van der Waals surface area contributed by atoms with Crippen LogP contribution >= 0.6 is 0 Å². The number of carbonyl (C=O) groups is 1. The summed E-state index contributed by atoms with van der Waals surface area (Å²) in [5, 5.41) is 0. The van der Waals surface area contributed by atoms with Crippen molar-refractivity contribution in [2.45, 2.75) is 46.1 Å². The highest BCUT2D eigenvalue weighted by atomic mass is 16.6. The summed E-state index contributed by atoms with van der Waals surface area (Å²) in [7, 11) is 1.74. The van der Waals surface area contributed by atoms with Crippen LogP contribution in [-0.4, -0.2) is 63.1 Å². The first-order valence-electron chi connectivity index (χ1n) is 11.9. The molecule has 6 heteroatoms. The highest BCUT2D eigenvalue weighted by molar-refractivity contribution is 5.88. The van der Waals surface area contributed by atoms with Gasteiger partial charge in [0.2, 0.25) is 0 Å². The minimum absolute atomic E-state index is 0.241. The highest BCUT2D eigenvalue weighted by Gasteiger charge is 2.30. The summed E-state index contributed by atoms with van der Waals surface area (Å²) in [5.74, 6) is 0.929. The molecule has 0 bridgehead atoms. The molecule has 0 spiro atoms. The van der Waals surface area contributed by atoms with Crippen LogP contribution in [0.2, 0.25) is 0 Å². The van der Waals surface area contributed by atoms with Gasteiger partial charge in [-0.2, -0.15) is 0 Å². The van der Waals surface area contributed by atoms with Crippen molar-refractivity contribution in [2.75, 3.05) is 51.4 Å². The second kappa shape index (κ2) is 9.64. The number of carbonyl (C=O) groups excluding carboxylic acids is 1. The van der Waals surface area contributed by atoms with Crippen LogP contribution in [0.1, 0.15) is 37.5 Å². The Hall–Kier alpha value is -2.73. The van der Waals surface area contributed by atoms with Gasteiger partial charge in [-0.05, 0) is 63.3 Å². The normalized spacial score (nSPS) is 15.9. The fourth-order valence-corrected chi connectivity index (χ4v) is 4.71. The molecule has 2 aliphatic rings. The van der Waals surface area contributed by atoms with Gasteiger partial charge < -0.3 is 24.0 Å². The summed E-state index contributed by atoms with van der Waals surface area (Å²) in [6.07, 6.45) is 1.32. The molecule has 2 aromatic carbocycles. The zero-order chi connectivity index (χ0) is 23.6. The molecule has 4 rings (SSSR count). The number of aryl methyl sites for hydroxylation is 1. The van der Waals surface area contributed by atoms with E-state index in [0.29, 0.717) is 26.3 Å². The number of nitrogens with zero attached hydrogens (tertiary/aromatic N) is 2. The van der Waals surface area contributed by atoms with Gasteiger partial charge in [0.05, 0.1) is 18.8 Å². The van der Waals surface area contributed by atoms with Crippen molar-refractivity contribution in [1.82, 2.24) is 4.90 Å². The topological polar surface area (TPSA) is 51.2 Å². The van der Waals surface area contributed by atoms with Crippen LogP contribution in [0.4, 0.5) is 10.5 Å². The molecule has 0 radical (unpaired) electrons. The lowest BCUT2D eigenvalue weighted by atomic mass is 9.89. The monoisotopic (exact) mass is 452 g/mol. The van der Waals surface area contributed by atoms with E-state index in [4.69, 9.17) is 14.2 Å². The van der Waals surface area contributed by atoms with Gasteiger partial charge in [-0.1, -0.05) is 29.8 Å². The summed E-state index contributed by atoms with van der Waals surface area (Å²) in [6.45, 7) is 12.1. The van der Waals surface area contributed by atoms with E-state index in [2.05, 4.69) is 42.2 Å². The predicted octanol–water partition coefficient (Wildman–Crippen LogP) is 4.84. The number of rotatable bonds is 4. The first kappa shape index (κ1) is 23.4. The van der Waals surface area contributed by atoms with E-state index in [0.717, 1.165) is 37.4 Å². The number of benzene rings is 2. The molecule has 0 aliphatic carbocycles. The van der Waals surface area contributed by atoms with Crippen LogP contribution in [0.5, 0.6) is 5.75 Å². The Morgan fingerprint density at radius 1 is 1.12 bits per heavy atom. The molecule has 0 N–H and O–H groups in total. The maximum Gasteiger partial charge on any atom is 0.410 e. The number of anilines is 1. The van der Waals surface area contributed by atoms with Crippen LogP contribution in [0, 0.1) is 6.92 Å². The van der Waals surface area contributed by atoms with Crippen LogP contribution < -0.4 is 9.64 Å². The molecular formula is C27H36N2O4. The maximum atomic E-state index is 12.8. The second-order valence-corrected chi connectivity index (χ2v) is 9.90. The summed E-state index contributed by atoms with van der Waals surface area (Å²) < 4.78 is 17.2. The number of ether oxygens (including phenoxy) is 3. The molecule has 0 saturated heterocycles. The number of methoxy groups -OCH3 is 1. The summed E-state index contributed by atoms with van der Waals surface area (Å²) >= 11 is 0. The van der Waals surface area contributed by atoms with E-state index >= 15 is 0 Å². The average Bonchev–Trinajstić information content (AvgIpc) is 2.97. The van der Waals surface area contributed by atoms with E-state index in [1.165, 1.54) is 27.8 Å². The Labute approximate surface area is 197 Å². The summed E-state index contributed by atoms with van der Waals surface area (Å²) in [4.78, 5) is 17.0. The molecule has 2 heterocycles. The summed E-state index contributed by atoms with van der Waals surface area (Å²) in [6, 6.07) is 10.9. The van der Waals surface area contributed by atoms with E-state index in [-0.39, 0.29) is 6.09 Å². The van der Waals surface area contributed by atoms with E-state index in [9.17, 15) is 4.79 Å². The number of hydrogen-bond donors (Lipinski definition) is 0. The lowest BCUT2D eigenvalue weighted by Crippen LogP contribution is -2.38. The van der Waals surface area contributed by atoms with Gasteiger partial charge in [0, 0.05) is 32.3 Å². The Kier molecular flexibility index (Phi) is 6.84. The van der Waals surface area contributed by atoms with Crippen molar-refractivity contribution < 1.29 is 19.0 Å². The van der Waals surface area contributed by atoms with Gasteiger partial charge in [-0.3, -0.25) is 0 Å². The Balaban J connectivity index is 1.77. The fourth-order valence-electron chi connectivity index (χ4n) is 4.71. The maximum absolute atomic E-state index is 12.8. The smallest absolute Gasteiger partial charge is 0.410 e. The van der Waals surface area contributed by atoms with Crippen LogP contribution in [0.3, 0.4) is 0 Å². The molecule has 33 heavy (non-hydrogen) atoms. The first-order valence-corrected chi connectivity index (χ1v) is 11.9. The van der Waals surface area contributed by atoms with E-state index in [1.807, 2.05) is 25.7 Å². The standard InChI is InChI=1S/C27H36N2O4/c1-19-7-6-8-21(17-19)24-22-10-12-29(26(30)33-27(2,3)4)11-9-20(22)18-23-25(24)28(13-15-31-5)14-16-32-23/h6-8,17-18H,9-16H2,1-5H3. The fraction of sp³-hybridized carbons (Fsp3) is 0.519. The van der Waals surface area contributed by atoms with Crippen molar-refractivity contribution >= 4 is 11.8 Å². The zero-order valence-electron chi connectivity index (χ0n) is 20.6. The molecule has 0 saturated carbocycles. The third-order valence-corrected chi connectivity index (χ3v) is 6.21. The van der Waals surface area contributed by atoms with Crippen LogP contribution in [-0.2, 0) is 22.3 Å². The number of fused-ring (bicyclic) bond motifs is 2. The van der Waals surface area contributed by atoms with E-state index in [1.54, 1.807) is 7.11 Å². The van der Waals surface area contributed by atoms with Crippen molar-refractivity contribution in [2.24, 2.45) is 0 Å². The van der Waals surface area contributed by atoms with Gasteiger partial charge in [-0.15, -0.1) is 0 Å². The molecule has 0 unspecified atom stereocenters. The predicted molar refractivity (Wildman–Crippen MR) is 131 cm³/mol. The van der Waals surface area contributed by atoms with Crippen molar-refractivity contribution in [3.63, 3.8) is 0 Å². The van der Waals surface area contributed by atoms with Crippen LogP contribution in [0.25, 0.3) is 11.1 Å². The minimum Gasteiger partial charge on any atom is -0.490 e. The molecule has 6 nitrogen and oxygen atoms in total. The first-order chi connectivity index (χ1) is 15.8. The van der Waals surface area contributed by atoms with Crippen molar-refractivity contribution in [3.8, 4) is 16.9 Å². The quantitative estimate of drug-likeness (QED) is 0.664. The Morgan fingerprint density at radius 2 is 1.91 bits per heavy atom. The lowest BCUT2D eigenvalue weighted by molar-refractivity contribution is 0.0258. The molecule has 1 amide bonds. The molecule has 0 aromatic heterocycles. The van der Waals surface area contributed by atoms with Gasteiger partial charge in [0.15, 0.2) is 0 Å². The molecule has 0 fully saturated rings. The van der Waals surface area contributed by atoms with Crippen molar-refractivity contribution in [1.29, 1.82) is 0 Å². The largest absolute Gasteiger partial charge is 0.490 e. The lowest BCUT2D eigenvalue weighted by Gasteiger charge is -2.35. The van der Waals surface area contributed by atoms with Gasteiger partial charge in [-0.25, -0.2) is 4.79 Å².